The third-order valence-corrected chi connectivity index (χ3v) is 8.67. The number of aromatic nitrogens is 2. The number of unbranched alkanes of at least 4 members (excludes halogenated alkanes) is 1. The number of ether oxygens (including phenoxy) is 1. The maximum atomic E-state index is 14.9. The average Bonchev–Trinajstić information content (AvgIpc) is 3.54. The molecule has 5 rings (SSSR count). The van der Waals surface area contributed by atoms with Crippen LogP contribution >= 0.6 is 11.3 Å². The van der Waals surface area contributed by atoms with Crippen molar-refractivity contribution >= 4 is 43.3 Å². The molecule has 0 spiro atoms. The highest BCUT2D eigenvalue weighted by Gasteiger charge is 2.28. The van der Waals surface area contributed by atoms with E-state index in [1.165, 1.54) is 25.3 Å². The summed E-state index contributed by atoms with van der Waals surface area (Å²) < 4.78 is 21.2. The number of fused-ring (bicyclic) bond motifs is 4. The zero-order chi connectivity index (χ0) is 27.0. The Labute approximate surface area is 227 Å². The smallest absolute Gasteiger partial charge is 0.225 e. The minimum Gasteiger partial charge on any atom is -0.389 e. The molecule has 2 aromatic carbocycles. The van der Waals surface area contributed by atoms with Crippen LogP contribution in [-0.4, -0.2) is 23.1 Å². The number of halogens is 1. The summed E-state index contributed by atoms with van der Waals surface area (Å²) in [6.07, 6.45) is 6.25. The van der Waals surface area contributed by atoms with Crippen LogP contribution in [0.1, 0.15) is 69.2 Å². The number of benzene rings is 2. The number of hydrogen-bond acceptors (Lipinski definition) is 7. The van der Waals surface area contributed by atoms with Gasteiger partial charge in [0.1, 0.15) is 16.9 Å². The predicted octanol–water partition coefficient (Wildman–Crippen LogP) is 7.35. The maximum absolute atomic E-state index is 14.9. The predicted molar refractivity (Wildman–Crippen MR) is 154 cm³/mol. The Balaban J connectivity index is 1.75. The average molecular weight is 532 g/mol. The number of nitriles is 1. The normalized spacial score (nSPS) is 13.7. The number of nitrogen functional groups attached to an aromatic ring is 1. The van der Waals surface area contributed by atoms with Gasteiger partial charge in [0.2, 0.25) is 5.95 Å². The zero-order valence-corrected chi connectivity index (χ0v) is 23.3. The molecule has 2 N–H and O–H groups in total. The van der Waals surface area contributed by atoms with Crippen molar-refractivity contribution in [2.24, 2.45) is 5.92 Å². The van der Waals surface area contributed by atoms with Crippen LogP contribution in [0.2, 0.25) is 0 Å². The molecule has 0 amide bonds. The lowest BCUT2D eigenvalue weighted by molar-refractivity contribution is 0.135. The van der Waals surface area contributed by atoms with Crippen molar-refractivity contribution in [1.29, 1.82) is 5.26 Å². The molecule has 1 atom stereocenters. The Morgan fingerprint density at radius 3 is 2.74 bits per heavy atom. The van der Waals surface area contributed by atoms with Gasteiger partial charge in [0.15, 0.2) is 0 Å². The van der Waals surface area contributed by atoms with Crippen molar-refractivity contribution in [3.8, 4) is 17.2 Å². The van der Waals surface area contributed by atoms with Crippen molar-refractivity contribution in [3.05, 3.63) is 46.4 Å². The van der Waals surface area contributed by atoms with Gasteiger partial charge in [-0.1, -0.05) is 39.7 Å². The topological polar surface area (TPSA) is 88.1 Å². The maximum Gasteiger partial charge on any atom is 0.225 e. The molecule has 8 heteroatoms. The molecule has 4 aromatic rings. The Hall–Kier alpha value is -3.28. The minimum atomic E-state index is -0.367. The van der Waals surface area contributed by atoms with Crippen molar-refractivity contribution in [2.45, 2.75) is 66.6 Å². The highest BCUT2D eigenvalue weighted by atomic mass is 32.1. The van der Waals surface area contributed by atoms with Crippen LogP contribution in [0.4, 0.5) is 15.3 Å². The van der Waals surface area contributed by atoms with E-state index >= 15 is 0 Å². The van der Waals surface area contributed by atoms with Gasteiger partial charge in [0, 0.05) is 30.1 Å². The molecule has 1 aliphatic heterocycles. The number of nitrogens with zero attached hydrogens (tertiary/aromatic N) is 4. The Morgan fingerprint density at radius 2 is 2.03 bits per heavy atom. The van der Waals surface area contributed by atoms with Gasteiger partial charge in [-0.05, 0) is 59.6 Å². The lowest BCUT2D eigenvalue weighted by Gasteiger charge is -2.25. The van der Waals surface area contributed by atoms with Crippen LogP contribution in [0.25, 0.3) is 32.1 Å². The molecule has 0 aliphatic carbocycles. The molecule has 6 nitrogen and oxygen atoms in total. The fourth-order valence-electron chi connectivity index (χ4n) is 5.72. The number of hydrogen-bond donors (Lipinski definition) is 1. The molecule has 2 aromatic heterocycles. The van der Waals surface area contributed by atoms with Crippen molar-refractivity contribution in [1.82, 2.24) is 9.97 Å². The number of rotatable bonds is 9. The van der Waals surface area contributed by atoms with Crippen LogP contribution in [0.3, 0.4) is 0 Å². The second-order valence-electron chi connectivity index (χ2n) is 10.1. The van der Waals surface area contributed by atoms with E-state index in [1.54, 1.807) is 6.07 Å². The summed E-state index contributed by atoms with van der Waals surface area (Å²) in [7, 11) is 0. The Morgan fingerprint density at radius 1 is 1.24 bits per heavy atom. The number of aryl methyl sites for hydroxylation is 1. The summed E-state index contributed by atoms with van der Waals surface area (Å²) in [5.41, 5.74) is 12.4. The van der Waals surface area contributed by atoms with E-state index in [0.29, 0.717) is 39.8 Å². The van der Waals surface area contributed by atoms with E-state index < -0.39 is 0 Å². The van der Waals surface area contributed by atoms with E-state index in [9.17, 15) is 9.65 Å². The van der Waals surface area contributed by atoms with E-state index in [2.05, 4.69) is 38.7 Å². The van der Waals surface area contributed by atoms with Gasteiger partial charge in [0.05, 0.1) is 29.0 Å². The Bertz CT molecular complexity index is 1560. The van der Waals surface area contributed by atoms with E-state index in [4.69, 9.17) is 20.4 Å². The van der Waals surface area contributed by atoms with Gasteiger partial charge in [0.25, 0.3) is 0 Å². The summed E-state index contributed by atoms with van der Waals surface area (Å²) in [4.78, 5) is 12.2. The standard InChI is InChI=1S/C30H34FN5OS/c1-5-8-9-17(4)14-36(7-3)30-34-13-21-22-15-37-16-23(22)25(18(6-2)27(21)35-30)19-10-11-24(31)28-26(19)20(12-32)29(33)38-28/h10-11,13,17H,5-9,14-16,33H2,1-4H3. The second kappa shape index (κ2) is 10.8. The van der Waals surface area contributed by atoms with E-state index in [-0.39, 0.29) is 5.82 Å². The summed E-state index contributed by atoms with van der Waals surface area (Å²) in [5.74, 6) is 0.906. The minimum absolute atomic E-state index is 0.330. The van der Waals surface area contributed by atoms with Crippen molar-refractivity contribution < 1.29 is 9.13 Å². The second-order valence-corrected chi connectivity index (χ2v) is 11.2. The molecular weight excluding hydrogens is 497 g/mol. The monoisotopic (exact) mass is 531 g/mol. The van der Waals surface area contributed by atoms with E-state index in [1.807, 2.05) is 6.20 Å². The molecule has 1 aliphatic rings. The highest BCUT2D eigenvalue weighted by molar-refractivity contribution is 7.23. The van der Waals surface area contributed by atoms with Gasteiger partial charge in [-0.2, -0.15) is 5.26 Å². The molecule has 3 heterocycles. The van der Waals surface area contributed by atoms with Gasteiger partial charge < -0.3 is 15.4 Å². The van der Waals surface area contributed by atoms with Gasteiger partial charge in [-0.25, -0.2) is 14.4 Å². The number of anilines is 2. The van der Waals surface area contributed by atoms with E-state index in [0.717, 1.165) is 75.5 Å². The number of nitrogens with two attached hydrogens (primary N) is 1. The molecule has 38 heavy (non-hydrogen) atoms. The van der Waals surface area contributed by atoms with Crippen molar-refractivity contribution in [3.63, 3.8) is 0 Å². The first kappa shape index (κ1) is 26.3. The summed E-state index contributed by atoms with van der Waals surface area (Å²) in [6, 6.07) is 5.47. The highest BCUT2D eigenvalue weighted by Crippen LogP contribution is 2.46. The molecule has 0 fully saturated rings. The quantitative estimate of drug-likeness (QED) is 0.243. The molecule has 0 radical (unpaired) electrons. The lowest BCUT2D eigenvalue weighted by Crippen LogP contribution is -2.30. The summed E-state index contributed by atoms with van der Waals surface area (Å²) >= 11 is 1.13. The molecular formula is C30H34FN5OS. The van der Waals surface area contributed by atoms with Gasteiger partial charge in [-0.3, -0.25) is 0 Å². The molecule has 0 saturated heterocycles. The zero-order valence-electron chi connectivity index (χ0n) is 22.5. The van der Waals surface area contributed by atoms with Crippen LogP contribution < -0.4 is 10.6 Å². The third kappa shape index (κ3) is 4.38. The third-order valence-electron chi connectivity index (χ3n) is 7.65. The first-order valence-corrected chi connectivity index (χ1v) is 14.3. The Kier molecular flexibility index (Phi) is 7.51. The molecule has 0 bridgehead atoms. The summed E-state index contributed by atoms with van der Waals surface area (Å²) in [5, 5.41) is 11.8. The fourth-order valence-corrected chi connectivity index (χ4v) is 6.67. The SMILES string of the molecule is CCCCC(C)CN(CC)c1ncc2c3c(c(-c4ccc(F)c5sc(N)c(C#N)c45)c(CC)c2n1)COC3. The van der Waals surface area contributed by atoms with Crippen LogP contribution in [0.15, 0.2) is 18.3 Å². The molecule has 0 saturated carbocycles. The first-order valence-electron chi connectivity index (χ1n) is 13.5. The molecule has 1 unspecified atom stereocenters. The van der Waals surface area contributed by atoms with Gasteiger partial charge in [-0.15, -0.1) is 11.3 Å². The van der Waals surface area contributed by atoms with Gasteiger partial charge >= 0.3 is 0 Å². The molecule has 198 valence electrons. The lowest BCUT2D eigenvalue weighted by atomic mass is 9.86. The first-order chi connectivity index (χ1) is 18.4. The largest absolute Gasteiger partial charge is 0.389 e. The fraction of sp³-hybridized carbons (Fsp3) is 0.433. The van der Waals surface area contributed by atoms with Crippen LogP contribution in [0, 0.1) is 23.1 Å². The summed E-state index contributed by atoms with van der Waals surface area (Å²) in [6.45, 7) is 11.4. The van der Waals surface area contributed by atoms with Crippen LogP contribution in [0.5, 0.6) is 0 Å². The number of thiophene rings is 1. The van der Waals surface area contributed by atoms with Crippen molar-refractivity contribution in [2.75, 3.05) is 23.7 Å². The van der Waals surface area contributed by atoms with Crippen LogP contribution in [-0.2, 0) is 24.4 Å².